The van der Waals surface area contributed by atoms with Crippen LogP contribution < -0.4 is 0 Å². The number of para-hydroxylation sites is 1. The van der Waals surface area contributed by atoms with Gasteiger partial charge >= 0.3 is 0 Å². The van der Waals surface area contributed by atoms with Gasteiger partial charge in [0.1, 0.15) is 12.7 Å². The molecule has 3 heteroatoms. The van der Waals surface area contributed by atoms with Crippen LogP contribution in [0.3, 0.4) is 0 Å². The average Bonchev–Trinajstić information content (AvgIpc) is 3.17. The summed E-state index contributed by atoms with van der Waals surface area (Å²) in [4.78, 5) is 0. The third-order valence-corrected chi connectivity index (χ3v) is 3.88. The smallest absolute Gasteiger partial charge is 0.123 e. The quantitative estimate of drug-likeness (QED) is 0.553. The van der Waals surface area contributed by atoms with Gasteiger partial charge in [0, 0.05) is 5.56 Å². The lowest BCUT2D eigenvalue weighted by molar-refractivity contribution is 1.06. The Kier molecular flexibility index (Phi) is 3.45. The van der Waals surface area contributed by atoms with Gasteiger partial charge in [-0.2, -0.15) is 0 Å². The lowest BCUT2D eigenvalue weighted by atomic mass is 9.98. The Labute approximate surface area is 134 Å². The van der Waals surface area contributed by atoms with Crippen molar-refractivity contribution in [2.24, 2.45) is 0 Å². The van der Waals surface area contributed by atoms with Crippen molar-refractivity contribution < 1.29 is 0 Å². The topological polar surface area (TPSA) is 30.7 Å². The first kappa shape index (κ1) is 13.5. The number of benzene rings is 3. The van der Waals surface area contributed by atoms with Crippen LogP contribution >= 0.6 is 0 Å². The highest BCUT2D eigenvalue weighted by Gasteiger charge is 2.07. The van der Waals surface area contributed by atoms with Crippen molar-refractivity contribution in [3.05, 3.63) is 91.5 Å². The van der Waals surface area contributed by atoms with Crippen LogP contribution in [-0.4, -0.2) is 14.8 Å². The predicted octanol–water partition coefficient (Wildman–Crippen LogP) is 4.60. The fourth-order valence-corrected chi connectivity index (χ4v) is 2.76. The van der Waals surface area contributed by atoms with Gasteiger partial charge in [-0.05, 0) is 28.8 Å². The molecule has 0 fully saturated rings. The van der Waals surface area contributed by atoms with Gasteiger partial charge in [-0.3, -0.25) is 4.57 Å². The number of hydrogen-bond donors (Lipinski definition) is 0. The first-order valence-electron chi connectivity index (χ1n) is 7.52. The van der Waals surface area contributed by atoms with E-state index in [1.807, 2.05) is 16.7 Å². The zero-order chi connectivity index (χ0) is 15.5. The fourth-order valence-electron chi connectivity index (χ4n) is 2.76. The second-order valence-electron chi connectivity index (χ2n) is 5.33. The van der Waals surface area contributed by atoms with Crippen LogP contribution in [0.5, 0.6) is 0 Å². The number of rotatable bonds is 3. The van der Waals surface area contributed by atoms with Gasteiger partial charge in [-0.15, -0.1) is 10.2 Å². The third-order valence-electron chi connectivity index (χ3n) is 3.88. The summed E-state index contributed by atoms with van der Waals surface area (Å²) in [7, 11) is 0. The summed E-state index contributed by atoms with van der Waals surface area (Å²) < 4.78 is 1.94. The Hall–Kier alpha value is -3.20. The predicted molar refractivity (Wildman–Crippen MR) is 92.2 cm³/mol. The molecule has 0 unspecified atom stereocenters. The molecular formula is C20H15N3. The first-order valence-corrected chi connectivity index (χ1v) is 7.52. The fraction of sp³-hybridized carbons (Fsp3) is 0. The Morgan fingerprint density at radius 2 is 1.22 bits per heavy atom. The molecule has 0 bridgehead atoms. The average molecular weight is 297 g/mol. The van der Waals surface area contributed by atoms with E-state index >= 15 is 0 Å². The molecule has 3 nitrogen and oxygen atoms in total. The minimum atomic E-state index is 1.07. The highest BCUT2D eigenvalue weighted by Crippen LogP contribution is 2.30. The van der Waals surface area contributed by atoms with Gasteiger partial charge in [-0.1, -0.05) is 66.7 Å². The maximum absolute atomic E-state index is 3.91. The zero-order valence-corrected chi connectivity index (χ0v) is 12.5. The molecule has 4 aromatic rings. The molecular weight excluding hydrogens is 282 g/mol. The number of nitrogens with zero attached hydrogens (tertiary/aromatic N) is 3. The molecule has 1 heterocycles. The minimum Gasteiger partial charge on any atom is -0.288 e. The minimum absolute atomic E-state index is 1.07. The highest BCUT2D eigenvalue weighted by molar-refractivity contribution is 5.77. The summed E-state index contributed by atoms with van der Waals surface area (Å²) >= 11 is 0. The highest BCUT2D eigenvalue weighted by atomic mass is 15.2. The van der Waals surface area contributed by atoms with Gasteiger partial charge in [0.2, 0.25) is 0 Å². The van der Waals surface area contributed by atoms with Crippen molar-refractivity contribution in [2.45, 2.75) is 0 Å². The molecule has 23 heavy (non-hydrogen) atoms. The molecule has 3 aromatic carbocycles. The van der Waals surface area contributed by atoms with Crippen molar-refractivity contribution >= 4 is 0 Å². The summed E-state index contributed by atoms with van der Waals surface area (Å²) in [6.45, 7) is 0. The van der Waals surface area contributed by atoms with E-state index < -0.39 is 0 Å². The first-order chi connectivity index (χ1) is 11.4. The lowest BCUT2D eigenvalue weighted by Crippen LogP contribution is -1.94. The van der Waals surface area contributed by atoms with Gasteiger partial charge in [0.05, 0.1) is 5.69 Å². The van der Waals surface area contributed by atoms with E-state index in [4.69, 9.17) is 0 Å². The molecule has 110 valence electrons. The normalized spacial score (nSPS) is 10.6. The Morgan fingerprint density at radius 1 is 0.565 bits per heavy atom. The molecule has 1 aromatic heterocycles. The van der Waals surface area contributed by atoms with Crippen LogP contribution in [0.4, 0.5) is 0 Å². The SMILES string of the molecule is c1ccc(-c2cccc(-c3ccccc3-n3cnnc3)c2)cc1. The van der Waals surface area contributed by atoms with Crippen molar-refractivity contribution in [3.8, 4) is 27.9 Å². The lowest BCUT2D eigenvalue weighted by Gasteiger charge is -2.11. The molecule has 0 aliphatic rings. The maximum atomic E-state index is 3.91. The summed E-state index contributed by atoms with van der Waals surface area (Å²) in [5, 5.41) is 7.82. The van der Waals surface area contributed by atoms with Crippen molar-refractivity contribution in [3.63, 3.8) is 0 Å². The molecule has 0 atom stereocenters. The molecule has 0 N–H and O–H groups in total. The van der Waals surface area contributed by atoms with E-state index in [0.717, 1.165) is 11.3 Å². The number of hydrogen-bond acceptors (Lipinski definition) is 2. The Bertz CT molecular complexity index is 913. The molecule has 0 radical (unpaired) electrons. The van der Waals surface area contributed by atoms with Crippen LogP contribution in [0.15, 0.2) is 91.5 Å². The molecule has 0 amide bonds. The molecule has 0 aliphatic heterocycles. The van der Waals surface area contributed by atoms with Crippen molar-refractivity contribution in [1.29, 1.82) is 0 Å². The number of aromatic nitrogens is 3. The Morgan fingerprint density at radius 3 is 2.04 bits per heavy atom. The molecule has 0 saturated heterocycles. The van der Waals surface area contributed by atoms with Gasteiger partial charge in [-0.25, -0.2) is 0 Å². The summed E-state index contributed by atoms with van der Waals surface area (Å²) in [6, 6.07) is 27.3. The Balaban J connectivity index is 1.84. The second kappa shape index (κ2) is 5.89. The molecule has 0 saturated carbocycles. The van der Waals surface area contributed by atoms with E-state index in [1.165, 1.54) is 16.7 Å². The summed E-state index contributed by atoms with van der Waals surface area (Å²) in [6.07, 6.45) is 3.44. The van der Waals surface area contributed by atoms with Crippen molar-refractivity contribution in [2.75, 3.05) is 0 Å². The van der Waals surface area contributed by atoms with Crippen molar-refractivity contribution in [1.82, 2.24) is 14.8 Å². The van der Waals surface area contributed by atoms with Crippen LogP contribution in [0.2, 0.25) is 0 Å². The summed E-state index contributed by atoms with van der Waals surface area (Å²) in [5.41, 5.74) is 5.83. The zero-order valence-electron chi connectivity index (χ0n) is 12.5. The molecule has 4 rings (SSSR count). The maximum Gasteiger partial charge on any atom is 0.123 e. The van der Waals surface area contributed by atoms with Crippen LogP contribution in [-0.2, 0) is 0 Å². The summed E-state index contributed by atoms with van der Waals surface area (Å²) in [5.74, 6) is 0. The monoisotopic (exact) mass is 297 g/mol. The van der Waals surface area contributed by atoms with Crippen LogP contribution in [0.1, 0.15) is 0 Å². The van der Waals surface area contributed by atoms with Gasteiger partial charge in [0.25, 0.3) is 0 Å². The van der Waals surface area contributed by atoms with E-state index in [9.17, 15) is 0 Å². The van der Waals surface area contributed by atoms with Crippen LogP contribution in [0.25, 0.3) is 27.9 Å². The second-order valence-corrected chi connectivity index (χ2v) is 5.33. The van der Waals surface area contributed by atoms with E-state index in [-0.39, 0.29) is 0 Å². The van der Waals surface area contributed by atoms with E-state index in [1.54, 1.807) is 12.7 Å². The van der Waals surface area contributed by atoms with E-state index in [2.05, 4.69) is 76.9 Å². The largest absolute Gasteiger partial charge is 0.288 e. The molecule has 0 spiro atoms. The van der Waals surface area contributed by atoms with Crippen LogP contribution in [0, 0.1) is 0 Å². The van der Waals surface area contributed by atoms with E-state index in [0.29, 0.717) is 0 Å². The van der Waals surface area contributed by atoms with Gasteiger partial charge < -0.3 is 0 Å². The third kappa shape index (κ3) is 2.64. The molecule has 0 aliphatic carbocycles. The van der Waals surface area contributed by atoms with Gasteiger partial charge in [0.15, 0.2) is 0 Å². The standard InChI is InChI=1S/C20H15N3/c1-2-7-16(8-3-1)17-9-6-10-18(13-17)19-11-4-5-12-20(19)23-14-21-22-15-23/h1-15H.